The molecule has 0 radical (unpaired) electrons. The molecule has 0 saturated carbocycles. The number of nitrogens with one attached hydrogen (secondary N) is 3. The van der Waals surface area contributed by atoms with E-state index in [-0.39, 0.29) is 59.0 Å². The number of carbonyl (C=O) groups excluding carboxylic acids is 4. The molecule has 3 rings (SSSR count). The number of nitrogens with two attached hydrogens (primary N) is 1. The molecular formula is C41H67N7O6S. The summed E-state index contributed by atoms with van der Waals surface area (Å²) in [5.74, 6) is 4.21. The van der Waals surface area contributed by atoms with Gasteiger partial charge in [0.15, 0.2) is 0 Å². The van der Waals surface area contributed by atoms with E-state index in [0.717, 1.165) is 50.6 Å². The number of phenols is 1. The van der Waals surface area contributed by atoms with E-state index in [1.807, 2.05) is 32.7 Å². The number of hydrazine groups is 1. The van der Waals surface area contributed by atoms with E-state index in [9.17, 15) is 24.3 Å². The number of ether oxygens (including phenoxy) is 1. The first-order chi connectivity index (χ1) is 26.2. The van der Waals surface area contributed by atoms with Gasteiger partial charge in [0, 0.05) is 43.0 Å². The number of hydrogen-bond acceptors (Lipinski definition) is 10. The van der Waals surface area contributed by atoms with Crippen LogP contribution < -0.4 is 21.9 Å². The average Bonchev–Trinajstić information content (AvgIpc) is 3.67. The van der Waals surface area contributed by atoms with Crippen LogP contribution in [-0.4, -0.2) is 94.4 Å². The summed E-state index contributed by atoms with van der Waals surface area (Å²) in [6, 6.07) is 5.20. The van der Waals surface area contributed by atoms with Crippen molar-refractivity contribution in [2.24, 2.45) is 23.6 Å². The second kappa shape index (κ2) is 22.8. The second-order valence-corrected chi connectivity index (χ2v) is 16.4. The summed E-state index contributed by atoms with van der Waals surface area (Å²) in [6.07, 6.45) is 5.88. The standard InChI is InChI=1S/C41H67N7O6S/c1-9-19-48(41(53)36(27(6)11-3)45-39(52)33-14-12-13-20-47(33)8)34(26(4)5)24-35(54-21-10-2)40-44-32(25-55-40)38(51)43-30(22-28(7)37(50)46-42)23-29-15-17-31(49)18-16-29/h15-18,25-28,30,33-36,49H,9-14,19-24,42H2,1-8H3,(H,43,51)(H,45,52)(H,46,50)/t27-,28-,30+,33+,34?,35+,36-/m0/s1. The van der Waals surface area contributed by atoms with Crippen LogP contribution in [0.25, 0.3) is 0 Å². The van der Waals surface area contributed by atoms with Crippen molar-refractivity contribution in [2.45, 2.75) is 137 Å². The topological polar surface area (TPSA) is 179 Å². The number of thiazole rings is 1. The predicted octanol–water partition coefficient (Wildman–Crippen LogP) is 5.34. The molecule has 1 aliphatic rings. The van der Waals surface area contributed by atoms with Crippen LogP contribution in [0.1, 0.15) is 127 Å². The van der Waals surface area contributed by atoms with Crippen LogP contribution in [0.15, 0.2) is 29.6 Å². The minimum absolute atomic E-state index is 0.0600. The Morgan fingerprint density at radius 3 is 2.35 bits per heavy atom. The van der Waals surface area contributed by atoms with Crippen LogP contribution in [0, 0.1) is 17.8 Å². The number of benzene rings is 1. The number of aromatic nitrogens is 1. The monoisotopic (exact) mass is 785 g/mol. The van der Waals surface area contributed by atoms with Crippen molar-refractivity contribution in [3.63, 3.8) is 0 Å². The molecule has 308 valence electrons. The van der Waals surface area contributed by atoms with Gasteiger partial charge < -0.3 is 25.4 Å². The molecule has 4 amide bonds. The molecule has 0 spiro atoms. The minimum Gasteiger partial charge on any atom is -0.508 e. The lowest BCUT2D eigenvalue weighted by atomic mass is 9.92. The summed E-state index contributed by atoms with van der Waals surface area (Å²) in [7, 11) is 1.98. The molecule has 0 aliphatic carbocycles. The van der Waals surface area contributed by atoms with Crippen LogP contribution in [-0.2, 0) is 25.5 Å². The molecular weight excluding hydrogens is 719 g/mol. The number of likely N-dealkylation sites (tertiary alicyclic amines) is 1. The molecule has 55 heavy (non-hydrogen) atoms. The zero-order valence-electron chi connectivity index (χ0n) is 34.3. The minimum atomic E-state index is -0.654. The highest BCUT2D eigenvalue weighted by molar-refractivity contribution is 7.09. The number of hydrogen-bond donors (Lipinski definition) is 5. The van der Waals surface area contributed by atoms with Crippen molar-refractivity contribution >= 4 is 35.0 Å². The summed E-state index contributed by atoms with van der Waals surface area (Å²) in [4.78, 5) is 63.1. The number of phenolic OH excluding ortho intramolecular Hbond substituents is 1. The number of rotatable bonds is 22. The third-order valence-electron chi connectivity index (χ3n) is 10.8. The maximum Gasteiger partial charge on any atom is 0.270 e. The summed E-state index contributed by atoms with van der Waals surface area (Å²) in [6.45, 7) is 16.0. The van der Waals surface area contributed by atoms with Gasteiger partial charge in [-0.1, -0.05) is 73.4 Å². The van der Waals surface area contributed by atoms with Gasteiger partial charge in [-0.15, -0.1) is 11.3 Å². The highest BCUT2D eigenvalue weighted by atomic mass is 32.1. The van der Waals surface area contributed by atoms with Crippen LogP contribution >= 0.6 is 11.3 Å². The van der Waals surface area contributed by atoms with Gasteiger partial charge in [-0.3, -0.25) is 29.5 Å². The smallest absolute Gasteiger partial charge is 0.270 e. The van der Waals surface area contributed by atoms with Gasteiger partial charge in [-0.05, 0) is 81.6 Å². The van der Waals surface area contributed by atoms with Crippen molar-refractivity contribution in [1.82, 2.24) is 30.8 Å². The number of aromatic hydroxyl groups is 1. The van der Waals surface area contributed by atoms with Crippen molar-refractivity contribution in [3.05, 3.63) is 45.9 Å². The van der Waals surface area contributed by atoms with Crippen LogP contribution in [0.4, 0.5) is 0 Å². The second-order valence-electron chi connectivity index (χ2n) is 15.6. The van der Waals surface area contributed by atoms with Gasteiger partial charge in [-0.2, -0.15) is 0 Å². The Morgan fingerprint density at radius 1 is 1.04 bits per heavy atom. The van der Waals surface area contributed by atoms with Gasteiger partial charge in [0.2, 0.25) is 17.7 Å². The maximum atomic E-state index is 14.6. The predicted molar refractivity (Wildman–Crippen MR) is 217 cm³/mol. The lowest BCUT2D eigenvalue weighted by Gasteiger charge is -2.40. The van der Waals surface area contributed by atoms with Gasteiger partial charge in [0.25, 0.3) is 5.91 Å². The van der Waals surface area contributed by atoms with E-state index >= 15 is 0 Å². The maximum absolute atomic E-state index is 14.6. The number of carbonyl (C=O) groups is 4. The lowest BCUT2D eigenvalue weighted by Crippen LogP contribution is -2.58. The number of nitrogens with zero attached hydrogens (tertiary/aromatic N) is 3. The number of piperidine rings is 1. The fourth-order valence-electron chi connectivity index (χ4n) is 7.26. The fourth-order valence-corrected chi connectivity index (χ4v) is 8.12. The molecule has 1 saturated heterocycles. The molecule has 2 aromatic rings. The zero-order valence-corrected chi connectivity index (χ0v) is 35.1. The van der Waals surface area contributed by atoms with Crippen molar-refractivity contribution in [2.75, 3.05) is 26.7 Å². The molecule has 0 bridgehead atoms. The van der Waals surface area contributed by atoms with E-state index in [4.69, 9.17) is 15.6 Å². The molecule has 13 nitrogen and oxygen atoms in total. The Morgan fingerprint density at radius 2 is 1.75 bits per heavy atom. The summed E-state index contributed by atoms with van der Waals surface area (Å²) in [5, 5.41) is 18.4. The molecule has 1 unspecified atom stereocenters. The molecule has 6 N–H and O–H groups in total. The van der Waals surface area contributed by atoms with Crippen molar-refractivity contribution < 1.29 is 29.0 Å². The highest BCUT2D eigenvalue weighted by Gasteiger charge is 2.38. The van der Waals surface area contributed by atoms with Crippen LogP contribution in [0.5, 0.6) is 5.75 Å². The molecule has 14 heteroatoms. The Kier molecular flexibility index (Phi) is 19.0. The van der Waals surface area contributed by atoms with Gasteiger partial charge >= 0.3 is 0 Å². The van der Waals surface area contributed by atoms with Crippen LogP contribution in [0.3, 0.4) is 0 Å². The molecule has 2 heterocycles. The Balaban J connectivity index is 1.87. The Bertz CT molecular complexity index is 1500. The third kappa shape index (κ3) is 13.5. The summed E-state index contributed by atoms with van der Waals surface area (Å²) in [5.41, 5.74) is 3.32. The van der Waals surface area contributed by atoms with Crippen LogP contribution in [0.2, 0.25) is 0 Å². The number of amides is 4. The van der Waals surface area contributed by atoms with E-state index in [0.29, 0.717) is 37.4 Å². The summed E-state index contributed by atoms with van der Waals surface area (Å²) >= 11 is 1.35. The molecule has 1 aromatic heterocycles. The first kappa shape index (κ1) is 45.8. The first-order valence-electron chi connectivity index (χ1n) is 20.2. The highest BCUT2D eigenvalue weighted by Crippen LogP contribution is 2.32. The molecule has 7 atom stereocenters. The summed E-state index contributed by atoms with van der Waals surface area (Å²) < 4.78 is 6.43. The average molecular weight is 786 g/mol. The zero-order chi connectivity index (χ0) is 40.7. The Hall–Kier alpha value is -3.59. The van der Waals surface area contributed by atoms with Gasteiger partial charge in [-0.25, -0.2) is 10.8 Å². The Labute approximate surface area is 332 Å². The SMILES string of the molecule is CCCO[C@H](CC(C(C)C)N(CCC)C(=O)[C@@H](NC(=O)[C@H]1CCCCN1C)[C@@H](C)CC)c1nc(C(=O)N[C@@H](Cc2ccc(O)cc2)C[C@H](C)C(=O)NN)cs1. The molecule has 1 aromatic carbocycles. The molecule has 1 fully saturated rings. The van der Waals surface area contributed by atoms with Crippen molar-refractivity contribution in [3.8, 4) is 5.75 Å². The lowest BCUT2D eigenvalue weighted by molar-refractivity contribution is -0.143. The number of likely N-dealkylation sites (N-methyl/N-ethyl adjacent to an activating group) is 1. The van der Waals surface area contributed by atoms with E-state index < -0.39 is 24.1 Å². The normalized spacial score (nSPS) is 18.1. The van der Waals surface area contributed by atoms with E-state index in [1.165, 1.54) is 11.3 Å². The third-order valence-corrected chi connectivity index (χ3v) is 11.7. The van der Waals surface area contributed by atoms with Gasteiger partial charge in [0.05, 0.1) is 6.04 Å². The van der Waals surface area contributed by atoms with E-state index in [2.05, 4.69) is 41.7 Å². The fraction of sp³-hybridized carbons (Fsp3) is 0.683. The quantitative estimate of drug-likeness (QED) is 0.0599. The van der Waals surface area contributed by atoms with Gasteiger partial charge in [0.1, 0.15) is 28.6 Å². The molecule has 1 aliphatic heterocycles. The largest absolute Gasteiger partial charge is 0.508 e. The van der Waals surface area contributed by atoms with Crippen molar-refractivity contribution in [1.29, 1.82) is 0 Å². The first-order valence-corrected chi connectivity index (χ1v) is 21.1. The van der Waals surface area contributed by atoms with E-state index in [1.54, 1.807) is 36.6 Å².